The van der Waals surface area contributed by atoms with Gasteiger partial charge in [0.15, 0.2) is 0 Å². The predicted molar refractivity (Wildman–Crippen MR) is 103 cm³/mol. The summed E-state index contributed by atoms with van der Waals surface area (Å²) in [6.45, 7) is 0. The van der Waals surface area contributed by atoms with Gasteiger partial charge in [-0.3, -0.25) is 14.5 Å². The van der Waals surface area contributed by atoms with Gasteiger partial charge in [-0.1, -0.05) is 84.6 Å². The lowest BCUT2D eigenvalue weighted by atomic mass is 10.0. The minimum absolute atomic E-state index is 0.199. The second kappa shape index (κ2) is 7.63. The average molecular weight is 369 g/mol. The molecule has 1 aliphatic rings. The van der Waals surface area contributed by atoms with Gasteiger partial charge in [-0.15, -0.1) is 0 Å². The first kappa shape index (κ1) is 17.4. The Balaban J connectivity index is 1.94. The van der Waals surface area contributed by atoms with Crippen LogP contribution in [0, 0.1) is 0 Å². The van der Waals surface area contributed by atoms with Crippen molar-refractivity contribution < 1.29 is 14.7 Å². The third-order valence-corrected chi connectivity index (χ3v) is 5.12. The maximum absolute atomic E-state index is 12.9. The fraction of sp³-hybridized carbons (Fsp3) is 0.105. The third kappa shape index (κ3) is 3.97. The van der Waals surface area contributed by atoms with Gasteiger partial charge in [0, 0.05) is 0 Å². The van der Waals surface area contributed by atoms with E-state index >= 15 is 0 Å². The largest absolute Gasteiger partial charge is 0.481 e. The van der Waals surface area contributed by atoms with E-state index in [9.17, 15) is 14.7 Å². The molecule has 25 heavy (non-hydrogen) atoms. The number of carbonyl (C=O) groups excluding carboxylic acids is 1. The highest BCUT2D eigenvalue weighted by molar-refractivity contribution is 8.26. The van der Waals surface area contributed by atoms with Crippen LogP contribution in [0.4, 0.5) is 0 Å². The van der Waals surface area contributed by atoms with Crippen LogP contribution in [0.1, 0.15) is 23.6 Å². The minimum Gasteiger partial charge on any atom is -0.481 e. The topological polar surface area (TPSA) is 57.6 Å². The molecular weight excluding hydrogens is 354 g/mol. The van der Waals surface area contributed by atoms with Gasteiger partial charge in [-0.2, -0.15) is 0 Å². The molecule has 1 N–H and O–H groups in total. The highest BCUT2D eigenvalue weighted by Crippen LogP contribution is 2.39. The SMILES string of the molecule is O=C(O)C[C@@H](c1ccccc1)N1C(=O)/C(=C\c2ccccc2)SC1=S. The highest BCUT2D eigenvalue weighted by atomic mass is 32.2. The Morgan fingerprint density at radius 3 is 2.32 bits per heavy atom. The number of rotatable bonds is 5. The summed E-state index contributed by atoms with van der Waals surface area (Å²) >= 11 is 6.58. The number of carboxylic acid groups (broad SMARTS) is 1. The lowest BCUT2D eigenvalue weighted by Gasteiger charge is -2.26. The Morgan fingerprint density at radius 2 is 1.72 bits per heavy atom. The molecule has 1 atom stereocenters. The van der Waals surface area contributed by atoms with Gasteiger partial charge in [-0.05, 0) is 17.2 Å². The lowest BCUT2D eigenvalue weighted by Crippen LogP contribution is -2.34. The van der Waals surface area contributed by atoms with E-state index in [-0.39, 0.29) is 12.3 Å². The first-order valence-corrected chi connectivity index (χ1v) is 8.87. The molecule has 4 nitrogen and oxygen atoms in total. The van der Waals surface area contributed by atoms with Crippen molar-refractivity contribution in [2.75, 3.05) is 0 Å². The lowest BCUT2D eigenvalue weighted by molar-refractivity contribution is -0.138. The molecule has 3 rings (SSSR count). The van der Waals surface area contributed by atoms with Crippen LogP contribution < -0.4 is 0 Å². The van der Waals surface area contributed by atoms with Crippen LogP contribution in [-0.2, 0) is 9.59 Å². The van der Waals surface area contributed by atoms with Crippen LogP contribution in [0.2, 0.25) is 0 Å². The van der Waals surface area contributed by atoms with Gasteiger partial charge in [-0.25, -0.2) is 0 Å². The molecule has 0 unspecified atom stereocenters. The van der Waals surface area contributed by atoms with Crippen molar-refractivity contribution in [3.8, 4) is 0 Å². The Bertz CT molecular complexity index is 834. The molecule has 0 radical (unpaired) electrons. The zero-order chi connectivity index (χ0) is 17.8. The maximum Gasteiger partial charge on any atom is 0.305 e. The van der Waals surface area contributed by atoms with Crippen molar-refractivity contribution in [1.29, 1.82) is 0 Å². The van der Waals surface area contributed by atoms with E-state index in [4.69, 9.17) is 12.2 Å². The van der Waals surface area contributed by atoms with Crippen LogP contribution in [0.25, 0.3) is 6.08 Å². The number of aliphatic carboxylic acids is 1. The quantitative estimate of drug-likeness (QED) is 0.635. The molecule has 0 aliphatic carbocycles. The molecule has 0 aromatic heterocycles. The summed E-state index contributed by atoms with van der Waals surface area (Å²) in [6.07, 6.45) is 1.58. The average Bonchev–Trinajstić information content (AvgIpc) is 2.88. The van der Waals surface area contributed by atoms with E-state index in [0.29, 0.717) is 9.23 Å². The molecule has 1 fully saturated rings. The first-order chi connectivity index (χ1) is 12.1. The van der Waals surface area contributed by atoms with E-state index < -0.39 is 12.0 Å². The first-order valence-electron chi connectivity index (χ1n) is 7.65. The second-order valence-corrected chi connectivity index (χ2v) is 7.16. The molecule has 1 amide bonds. The summed E-state index contributed by atoms with van der Waals surface area (Å²) in [5, 5.41) is 9.28. The predicted octanol–water partition coefficient (Wildman–Crippen LogP) is 4.10. The van der Waals surface area contributed by atoms with E-state index in [1.807, 2.05) is 60.7 Å². The zero-order valence-electron chi connectivity index (χ0n) is 13.2. The van der Waals surface area contributed by atoms with Crippen molar-refractivity contribution in [1.82, 2.24) is 4.90 Å². The summed E-state index contributed by atoms with van der Waals surface area (Å²) in [6, 6.07) is 18.0. The summed E-state index contributed by atoms with van der Waals surface area (Å²) in [5.41, 5.74) is 1.65. The molecule has 0 spiro atoms. The number of carboxylic acids is 1. The zero-order valence-corrected chi connectivity index (χ0v) is 14.8. The number of hydrogen-bond acceptors (Lipinski definition) is 4. The Morgan fingerprint density at radius 1 is 1.12 bits per heavy atom. The highest BCUT2D eigenvalue weighted by Gasteiger charge is 2.38. The molecular formula is C19H15NO3S2. The number of hydrogen-bond donors (Lipinski definition) is 1. The van der Waals surface area contributed by atoms with Gasteiger partial charge in [0.2, 0.25) is 0 Å². The van der Waals surface area contributed by atoms with Crippen LogP contribution >= 0.6 is 24.0 Å². The summed E-state index contributed by atoms with van der Waals surface area (Å²) in [5.74, 6) is -1.23. The number of benzene rings is 2. The van der Waals surface area contributed by atoms with E-state index in [2.05, 4.69) is 0 Å². The monoisotopic (exact) mass is 369 g/mol. The molecule has 0 saturated carbocycles. The van der Waals surface area contributed by atoms with E-state index in [0.717, 1.165) is 11.1 Å². The normalized spacial score (nSPS) is 17.1. The number of nitrogens with zero attached hydrogens (tertiary/aromatic N) is 1. The maximum atomic E-state index is 12.9. The van der Waals surface area contributed by atoms with Gasteiger partial charge in [0.05, 0.1) is 17.4 Å². The van der Waals surface area contributed by atoms with Crippen LogP contribution in [0.15, 0.2) is 65.6 Å². The molecule has 0 bridgehead atoms. The smallest absolute Gasteiger partial charge is 0.305 e. The van der Waals surface area contributed by atoms with Crippen molar-refractivity contribution in [3.63, 3.8) is 0 Å². The molecule has 126 valence electrons. The van der Waals surface area contributed by atoms with Crippen LogP contribution in [-0.4, -0.2) is 26.2 Å². The summed E-state index contributed by atoms with van der Waals surface area (Å²) in [4.78, 5) is 26.1. The Kier molecular flexibility index (Phi) is 5.31. The summed E-state index contributed by atoms with van der Waals surface area (Å²) < 4.78 is 0.377. The van der Waals surface area contributed by atoms with Crippen LogP contribution in [0.5, 0.6) is 0 Å². The van der Waals surface area contributed by atoms with Crippen molar-refractivity contribution in [2.24, 2.45) is 0 Å². The number of thioether (sulfide) groups is 1. The van der Waals surface area contributed by atoms with E-state index in [1.165, 1.54) is 16.7 Å². The van der Waals surface area contributed by atoms with Gasteiger partial charge < -0.3 is 5.11 Å². The molecule has 1 saturated heterocycles. The fourth-order valence-electron chi connectivity index (χ4n) is 2.65. The molecule has 1 aliphatic heterocycles. The van der Waals surface area contributed by atoms with Crippen molar-refractivity contribution >= 4 is 46.3 Å². The Hall–Kier alpha value is -2.44. The van der Waals surface area contributed by atoms with Gasteiger partial charge in [0.1, 0.15) is 4.32 Å². The molecule has 2 aromatic carbocycles. The van der Waals surface area contributed by atoms with Crippen LogP contribution in [0.3, 0.4) is 0 Å². The number of carbonyl (C=O) groups is 2. The Labute approximate surface area is 155 Å². The molecule has 2 aromatic rings. The summed E-state index contributed by atoms with van der Waals surface area (Å²) in [7, 11) is 0. The van der Waals surface area contributed by atoms with E-state index in [1.54, 1.807) is 6.08 Å². The molecule has 6 heteroatoms. The number of amides is 1. The van der Waals surface area contributed by atoms with Gasteiger partial charge >= 0.3 is 5.97 Å². The second-order valence-electron chi connectivity index (χ2n) is 5.49. The minimum atomic E-state index is -0.977. The van der Waals surface area contributed by atoms with Crippen molar-refractivity contribution in [3.05, 3.63) is 76.7 Å². The molecule has 1 heterocycles. The standard InChI is InChI=1S/C19H15NO3S2/c21-17(22)12-15(14-9-5-2-6-10-14)20-18(23)16(25-19(20)24)11-13-7-3-1-4-8-13/h1-11,15H,12H2,(H,21,22)/b16-11+/t15-/m0/s1. The number of thiocarbonyl (C=S) groups is 1. The van der Waals surface area contributed by atoms with Crippen molar-refractivity contribution in [2.45, 2.75) is 12.5 Å². The third-order valence-electron chi connectivity index (χ3n) is 3.78. The fourth-order valence-corrected chi connectivity index (χ4v) is 4.00. The van der Waals surface area contributed by atoms with Gasteiger partial charge in [0.25, 0.3) is 5.91 Å².